The molecule has 22 heavy (non-hydrogen) atoms. The lowest BCUT2D eigenvalue weighted by Gasteiger charge is -2.12. The maximum absolute atomic E-state index is 12.5. The van der Waals surface area contributed by atoms with E-state index in [-0.39, 0.29) is 11.3 Å². The van der Waals surface area contributed by atoms with Crippen molar-refractivity contribution in [1.82, 2.24) is 10.2 Å². The van der Waals surface area contributed by atoms with Gasteiger partial charge in [-0.2, -0.15) is 0 Å². The number of hydrogen-bond donors (Lipinski definition) is 1. The molecule has 112 valence electrons. The number of anilines is 1. The molecule has 0 saturated heterocycles. The molecule has 0 aliphatic heterocycles. The van der Waals surface area contributed by atoms with Gasteiger partial charge < -0.3 is 0 Å². The van der Waals surface area contributed by atoms with Crippen molar-refractivity contribution in [2.24, 2.45) is 0 Å². The summed E-state index contributed by atoms with van der Waals surface area (Å²) in [5.74, 6) is -0.159. The van der Waals surface area contributed by atoms with Crippen LogP contribution in [0.5, 0.6) is 0 Å². The first-order chi connectivity index (χ1) is 10.4. The van der Waals surface area contributed by atoms with Crippen LogP contribution in [0.1, 0.15) is 36.1 Å². The van der Waals surface area contributed by atoms with Crippen LogP contribution >= 0.6 is 11.3 Å². The molecule has 0 spiro atoms. The van der Waals surface area contributed by atoms with E-state index in [0.717, 1.165) is 15.8 Å². The number of fused-ring (bicyclic) bond motifs is 1. The Kier molecular flexibility index (Phi) is 3.66. The molecule has 0 bridgehead atoms. The van der Waals surface area contributed by atoms with E-state index in [1.165, 1.54) is 11.3 Å². The van der Waals surface area contributed by atoms with Gasteiger partial charge in [0.25, 0.3) is 5.91 Å². The molecule has 0 saturated carbocycles. The normalized spacial score (nSPS) is 11.6. The molecule has 5 heteroatoms. The second-order valence-corrected chi connectivity index (χ2v) is 7.12. The molecule has 1 heterocycles. The van der Waals surface area contributed by atoms with Crippen LogP contribution in [0.3, 0.4) is 0 Å². The fourth-order valence-corrected chi connectivity index (χ4v) is 2.96. The number of benzene rings is 2. The van der Waals surface area contributed by atoms with Crippen molar-refractivity contribution in [3.05, 3.63) is 53.0 Å². The number of nitrogens with one attached hydrogen (secondary N) is 1. The zero-order chi connectivity index (χ0) is 15.7. The smallest absolute Gasteiger partial charge is 0.258 e. The Hall–Kier alpha value is -2.27. The highest BCUT2D eigenvalue weighted by molar-refractivity contribution is 7.15. The lowest BCUT2D eigenvalue weighted by atomic mass is 9.98. The highest BCUT2D eigenvalue weighted by Gasteiger charge is 2.20. The second-order valence-electron chi connectivity index (χ2n) is 6.14. The van der Waals surface area contributed by atoms with Gasteiger partial charge in [0, 0.05) is 11.0 Å². The molecule has 0 unspecified atom stereocenters. The molecular weight excluding hydrogens is 294 g/mol. The van der Waals surface area contributed by atoms with E-state index in [1.54, 1.807) is 0 Å². The largest absolute Gasteiger partial charge is 0.296 e. The molecular formula is C17H17N3OS. The minimum Gasteiger partial charge on any atom is -0.296 e. The zero-order valence-electron chi connectivity index (χ0n) is 12.8. The van der Waals surface area contributed by atoms with E-state index in [4.69, 9.17) is 0 Å². The van der Waals surface area contributed by atoms with Gasteiger partial charge in [0.1, 0.15) is 5.01 Å². The van der Waals surface area contributed by atoms with Gasteiger partial charge in [-0.05, 0) is 16.8 Å². The van der Waals surface area contributed by atoms with Crippen LogP contribution < -0.4 is 5.32 Å². The Morgan fingerprint density at radius 1 is 1.05 bits per heavy atom. The van der Waals surface area contributed by atoms with Crippen LogP contribution in [0.4, 0.5) is 5.13 Å². The van der Waals surface area contributed by atoms with Gasteiger partial charge in [-0.15, -0.1) is 10.2 Å². The Labute approximate surface area is 133 Å². The van der Waals surface area contributed by atoms with Gasteiger partial charge in [-0.1, -0.05) is 68.5 Å². The Morgan fingerprint density at radius 2 is 1.77 bits per heavy atom. The van der Waals surface area contributed by atoms with Gasteiger partial charge in [0.05, 0.1) is 0 Å². The van der Waals surface area contributed by atoms with Crippen LogP contribution in [0, 0.1) is 0 Å². The molecule has 0 atom stereocenters. The molecule has 3 rings (SSSR count). The standard InChI is InChI=1S/C17H17N3OS/c1-17(2,3)15-19-20-16(22-15)18-14(21)13-10-6-8-11-7-4-5-9-12(11)13/h4-10H,1-3H3,(H,18,20,21). The second kappa shape index (κ2) is 5.50. The Bertz CT molecular complexity index is 828. The fraction of sp³-hybridized carbons (Fsp3) is 0.235. The minimum atomic E-state index is -0.159. The van der Waals surface area contributed by atoms with E-state index < -0.39 is 0 Å². The van der Waals surface area contributed by atoms with Crippen LogP contribution in [-0.4, -0.2) is 16.1 Å². The Morgan fingerprint density at radius 3 is 2.50 bits per heavy atom. The topological polar surface area (TPSA) is 54.9 Å². The maximum Gasteiger partial charge on any atom is 0.258 e. The number of hydrogen-bond acceptors (Lipinski definition) is 4. The maximum atomic E-state index is 12.5. The van der Waals surface area contributed by atoms with Crippen molar-refractivity contribution in [2.45, 2.75) is 26.2 Å². The summed E-state index contributed by atoms with van der Waals surface area (Å²) >= 11 is 1.41. The summed E-state index contributed by atoms with van der Waals surface area (Å²) in [7, 11) is 0. The molecule has 3 aromatic rings. The van der Waals surface area contributed by atoms with Crippen LogP contribution in [0.15, 0.2) is 42.5 Å². The predicted molar refractivity (Wildman–Crippen MR) is 90.5 cm³/mol. The summed E-state index contributed by atoms with van der Waals surface area (Å²) in [6.07, 6.45) is 0. The first kappa shape index (κ1) is 14.7. The highest BCUT2D eigenvalue weighted by atomic mass is 32.1. The number of carbonyl (C=O) groups is 1. The van der Waals surface area contributed by atoms with Crippen molar-refractivity contribution >= 4 is 33.1 Å². The van der Waals surface area contributed by atoms with Crippen molar-refractivity contribution in [3.63, 3.8) is 0 Å². The summed E-state index contributed by atoms with van der Waals surface area (Å²) in [5, 5.41) is 14.5. The van der Waals surface area contributed by atoms with E-state index in [9.17, 15) is 4.79 Å². The summed E-state index contributed by atoms with van der Waals surface area (Å²) in [6, 6.07) is 13.5. The molecule has 0 fully saturated rings. The number of rotatable bonds is 2. The third-order valence-electron chi connectivity index (χ3n) is 3.32. The Balaban J connectivity index is 1.89. The van der Waals surface area contributed by atoms with Crippen molar-refractivity contribution < 1.29 is 4.79 Å². The number of carbonyl (C=O) groups excluding carboxylic acids is 1. The lowest BCUT2D eigenvalue weighted by molar-refractivity contribution is 0.102. The van der Waals surface area contributed by atoms with Crippen molar-refractivity contribution in [2.75, 3.05) is 5.32 Å². The van der Waals surface area contributed by atoms with E-state index >= 15 is 0 Å². The molecule has 1 N–H and O–H groups in total. The van der Waals surface area contributed by atoms with E-state index in [0.29, 0.717) is 10.7 Å². The average molecular weight is 311 g/mol. The predicted octanol–water partition coefficient (Wildman–Crippen LogP) is 4.24. The van der Waals surface area contributed by atoms with Crippen LogP contribution in [0.2, 0.25) is 0 Å². The third kappa shape index (κ3) is 2.85. The molecule has 0 aliphatic carbocycles. The van der Waals surface area contributed by atoms with Crippen LogP contribution in [-0.2, 0) is 5.41 Å². The molecule has 1 amide bonds. The van der Waals surface area contributed by atoms with Crippen molar-refractivity contribution in [1.29, 1.82) is 0 Å². The van der Waals surface area contributed by atoms with Gasteiger partial charge in [0.15, 0.2) is 0 Å². The fourth-order valence-electron chi connectivity index (χ4n) is 2.16. The first-order valence-electron chi connectivity index (χ1n) is 7.08. The lowest BCUT2D eigenvalue weighted by Crippen LogP contribution is -2.12. The number of amides is 1. The molecule has 4 nitrogen and oxygen atoms in total. The van der Waals surface area contributed by atoms with E-state index in [1.807, 2.05) is 42.5 Å². The minimum absolute atomic E-state index is 0.0694. The van der Waals surface area contributed by atoms with Crippen LogP contribution in [0.25, 0.3) is 10.8 Å². The van der Waals surface area contributed by atoms with Gasteiger partial charge in [0.2, 0.25) is 5.13 Å². The summed E-state index contributed by atoms with van der Waals surface area (Å²) < 4.78 is 0. The summed E-state index contributed by atoms with van der Waals surface area (Å²) in [6.45, 7) is 6.22. The zero-order valence-corrected chi connectivity index (χ0v) is 13.6. The van der Waals surface area contributed by atoms with Gasteiger partial charge in [-0.25, -0.2) is 0 Å². The number of nitrogens with zero attached hydrogens (tertiary/aromatic N) is 2. The van der Waals surface area contributed by atoms with Gasteiger partial charge >= 0.3 is 0 Å². The first-order valence-corrected chi connectivity index (χ1v) is 7.90. The average Bonchev–Trinajstić information content (AvgIpc) is 2.95. The molecule has 2 aromatic carbocycles. The summed E-state index contributed by atoms with van der Waals surface area (Å²) in [5.41, 5.74) is 0.575. The quantitative estimate of drug-likeness (QED) is 0.770. The SMILES string of the molecule is CC(C)(C)c1nnc(NC(=O)c2cccc3ccccc23)s1. The highest BCUT2D eigenvalue weighted by Crippen LogP contribution is 2.28. The molecule has 0 aliphatic rings. The molecule has 1 aromatic heterocycles. The van der Waals surface area contributed by atoms with Crippen molar-refractivity contribution in [3.8, 4) is 0 Å². The van der Waals surface area contributed by atoms with Gasteiger partial charge in [-0.3, -0.25) is 10.1 Å². The summed E-state index contributed by atoms with van der Waals surface area (Å²) in [4.78, 5) is 12.5. The third-order valence-corrected chi connectivity index (χ3v) is 4.59. The molecule has 0 radical (unpaired) electrons. The monoisotopic (exact) mass is 311 g/mol. The number of aromatic nitrogens is 2. The van der Waals surface area contributed by atoms with E-state index in [2.05, 4.69) is 36.3 Å².